The first-order valence-electron chi connectivity index (χ1n) is 9.62. The van der Waals surface area contributed by atoms with Crippen molar-refractivity contribution >= 4 is 58.1 Å². The number of aromatic nitrogens is 4. The van der Waals surface area contributed by atoms with Crippen molar-refractivity contribution in [3.63, 3.8) is 0 Å². The highest BCUT2D eigenvalue weighted by molar-refractivity contribution is 6.40. The zero-order chi connectivity index (χ0) is 24.4. The summed E-state index contributed by atoms with van der Waals surface area (Å²) in [5, 5.41) is 15.6. The first-order valence-corrected chi connectivity index (χ1v) is 10.8. The third kappa shape index (κ3) is 4.76. The van der Waals surface area contributed by atoms with E-state index in [1.807, 2.05) is 0 Å². The summed E-state index contributed by atoms with van der Waals surface area (Å²) in [7, 11) is 0. The molecule has 0 atom stereocenters. The van der Waals surface area contributed by atoms with Crippen LogP contribution < -0.4 is 16.2 Å². The molecule has 2 amide bonds. The van der Waals surface area contributed by atoms with Crippen LogP contribution in [0.1, 0.15) is 10.4 Å². The van der Waals surface area contributed by atoms with Crippen LogP contribution in [0.15, 0.2) is 66.1 Å². The number of nitrogens with one attached hydrogen (secondary N) is 4. The molecule has 0 unspecified atom stereocenters. The molecular formula is C22H15Cl3N6O3. The first kappa shape index (κ1) is 23.4. The lowest BCUT2D eigenvalue weighted by Gasteiger charge is -2.09. The number of halogens is 3. The molecule has 0 saturated carbocycles. The van der Waals surface area contributed by atoms with E-state index in [1.54, 1.807) is 18.2 Å². The van der Waals surface area contributed by atoms with Crippen molar-refractivity contribution in [2.75, 3.05) is 10.6 Å². The van der Waals surface area contributed by atoms with Gasteiger partial charge in [-0.1, -0.05) is 47.4 Å². The molecule has 4 rings (SSSR count). The molecule has 2 aromatic carbocycles. The second-order valence-corrected chi connectivity index (χ2v) is 8.20. The van der Waals surface area contributed by atoms with Crippen molar-refractivity contribution in [2.45, 2.75) is 0 Å². The predicted molar refractivity (Wildman–Crippen MR) is 132 cm³/mol. The van der Waals surface area contributed by atoms with E-state index in [9.17, 15) is 14.4 Å². The van der Waals surface area contributed by atoms with E-state index in [0.29, 0.717) is 22.0 Å². The molecule has 0 radical (unpaired) electrons. The maximum atomic E-state index is 12.8. The molecule has 2 heterocycles. The summed E-state index contributed by atoms with van der Waals surface area (Å²) in [6.07, 6.45) is 2.57. The third-order valence-electron chi connectivity index (χ3n) is 4.67. The average molecular weight is 518 g/mol. The summed E-state index contributed by atoms with van der Waals surface area (Å²) < 4.78 is 1.17. The van der Waals surface area contributed by atoms with Gasteiger partial charge in [0.15, 0.2) is 0 Å². The van der Waals surface area contributed by atoms with Crippen LogP contribution >= 0.6 is 34.8 Å². The monoisotopic (exact) mass is 516 g/mol. The number of hydrogen-bond donors (Lipinski definition) is 4. The van der Waals surface area contributed by atoms with Gasteiger partial charge < -0.3 is 10.6 Å². The Labute approximate surface area is 207 Å². The molecule has 0 fully saturated rings. The highest BCUT2D eigenvalue weighted by atomic mass is 35.5. The molecule has 34 heavy (non-hydrogen) atoms. The van der Waals surface area contributed by atoms with Crippen LogP contribution in [0.4, 0.5) is 11.5 Å². The zero-order valence-electron chi connectivity index (χ0n) is 17.2. The Morgan fingerprint density at radius 1 is 1.06 bits per heavy atom. The molecule has 0 aliphatic heterocycles. The van der Waals surface area contributed by atoms with Gasteiger partial charge in [-0.2, -0.15) is 5.10 Å². The molecule has 4 aromatic rings. The number of anilines is 2. The van der Waals surface area contributed by atoms with Gasteiger partial charge >= 0.3 is 0 Å². The lowest BCUT2D eigenvalue weighted by Crippen LogP contribution is -2.14. The van der Waals surface area contributed by atoms with Gasteiger partial charge in [0.25, 0.3) is 11.5 Å². The van der Waals surface area contributed by atoms with Gasteiger partial charge in [-0.25, -0.2) is 4.68 Å². The summed E-state index contributed by atoms with van der Waals surface area (Å²) in [6.45, 7) is 3.39. The van der Waals surface area contributed by atoms with Crippen molar-refractivity contribution < 1.29 is 9.59 Å². The number of H-pyrrole nitrogens is 2. The summed E-state index contributed by atoms with van der Waals surface area (Å²) in [4.78, 5) is 37.0. The van der Waals surface area contributed by atoms with E-state index < -0.39 is 17.4 Å². The molecule has 4 N–H and O–H groups in total. The van der Waals surface area contributed by atoms with Gasteiger partial charge in [-0.3, -0.25) is 24.6 Å². The van der Waals surface area contributed by atoms with Crippen LogP contribution in [-0.4, -0.2) is 31.8 Å². The van der Waals surface area contributed by atoms with Crippen molar-refractivity contribution in [1.82, 2.24) is 20.0 Å². The molecule has 0 bridgehead atoms. The summed E-state index contributed by atoms with van der Waals surface area (Å²) in [5.74, 6) is -0.624. The van der Waals surface area contributed by atoms with Gasteiger partial charge in [0.05, 0.1) is 27.5 Å². The Kier molecular flexibility index (Phi) is 6.60. The number of aromatic amines is 2. The number of nitrogens with zero attached hydrogens (tertiary/aromatic N) is 2. The highest BCUT2D eigenvalue weighted by Gasteiger charge is 2.18. The quantitative estimate of drug-likeness (QED) is 0.272. The predicted octanol–water partition coefficient (Wildman–Crippen LogP) is 4.89. The van der Waals surface area contributed by atoms with Crippen LogP contribution in [0, 0.1) is 0 Å². The number of carbonyl (C=O) groups is 2. The van der Waals surface area contributed by atoms with Crippen molar-refractivity contribution in [3.05, 3.63) is 92.3 Å². The fraction of sp³-hybridized carbons (Fsp3) is 0. The zero-order valence-corrected chi connectivity index (χ0v) is 19.4. The maximum absolute atomic E-state index is 12.8. The van der Waals surface area contributed by atoms with Gasteiger partial charge in [-0.15, -0.1) is 0 Å². The number of carbonyl (C=O) groups excluding carboxylic acids is 2. The maximum Gasteiger partial charge on any atom is 0.271 e. The Bertz CT molecular complexity index is 1460. The lowest BCUT2D eigenvalue weighted by molar-refractivity contribution is -0.111. The van der Waals surface area contributed by atoms with E-state index in [0.717, 1.165) is 6.08 Å². The standard InChI is InChI=1S/C22H15Cl3N6O3/c1-2-18(32)27-13-5-3-4-11(6-13)22(34)28-21-14(10-26-29-21)17-9-19(33)31(30-17)20-15(24)7-12(23)8-16(20)25/h2-10,30H,1H2,(H,27,32)(H2,26,28,29,34). The second kappa shape index (κ2) is 9.60. The number of rotatable bonds is 6. The van der Waals surface area contributed by atoms with E-state index in [4.69, 9.17) is 34.8 Å². The van der Waals surface area contributed by atoms with Gasteiger partial charge in [0.1, 0.15) is 11.5 Å². The van der Waals surface area contributed by atoms with Crippen molar-refractivity contribution in [3.8, 4) is 16.9 Å². The summed E-state index contributed by atoms with van der Waals surface area (Å²) in [6, 6.07) is 10.6. The molecule has 0 spiro atoms. The van der Waals surface area contributed by atoms with E-state index >= 15 is 0 Å². The normalized spacial score (nSPS) is 10.7. The highest BCUT2D eigenvalue weighted by Crippen LogP contribution is 2.32. The number of amides is 2. The Hall–Kier alpha value is -3.79. The smallest absolute Gasteiger partial charge is 0.271 e. The fourth-order valence-electron chi connectivity index (χ4n) is 3.15. The third-order valence-corrected chi connectivity index (χ3v) is 5.47. The minimum atomic E-state index is -0.467. The number of hydrogen-bond acceptors (Lipinski definition) is 4. The van der Waals surface area contributed by atoms with Crippen molar-refractivity contribution in [1.29, 1.82) is 0 Å². The topological polar surface area (TPSA) is 125 Å². The molecule has 0 aliphatic carbocycles. The molecule has 0 aliphatic rings. The van der Waals surface area contributed by atoms with E-state index in [1.165, 1.54) is 35.1 Å². The van der Waals surface area contributed by atoms with Crippen LogP contribution in [0.3, 0.4) is 0 Å². The minimum absolute atomic E-state index is 0.178. The van der Waals surface area contributed by atoms with Gasteiger partial charge in [-0.05, 0) is 36.4 Å². The lowest BCUT2D eigenvalue weighted by atomic mass is 10.1. The average Bonchev–Trinajstić information content (AvgIpc) is 3.39. The Morgan fingerprint density at radius 3 is 2.50 bits per heavy atom. The first-order chi connectivity index (χ1) is 16.3. The summed E-state index contributed by atoms with van der Waals surface area (Å²) >= 11 is 18.4. The molecule has 2 aromatic heterocycles. The minimum Gasteiger partial charge on any atom is -0.323 e. The second-order valence-electron chi connectivity index (χ2n) is 6.95. The Morgan fingerprint density at radius 2 is 1.79 bits per heavy atom. The SMILES string of the molecule is C=CC(=O)Nc1cccc(C(=O)Nc2[nH]ncc2-c2cc(=O)n(-c3c(Cl)cc(Cl)cc3Cl)[nH]2)c1. The van der Waals surface area contributed by atoms with E-state index in [2.05, 4.69) is 32.5 Å². The molecule has 0 saturated heterocycles. The van der Waals surface area contributed by atoms with Crippen molar-refractivity contribution in [2.24, 2.45) is 0 Å². The summed E-state index contributed by atoms with van der Waals surface area (Å²) in [5.41, 5.74) is 1.28. The van der Waals surface area contributed by atoms with Crippen LogP contribution in [0.25, 0.3) is 16.9 Å². The van der Waals surface area contributed by atoms with Crippen LogP contribution in [-0.2, 0) is 4.79 Å². The molecule has 12 heteroatoms. The van der Waals surface area contributed by atoms with E-state index in [-0.39, 0.29) is 27.1 Å². The molecule has 172 valence electrons. The largest absolute Gasteiger partial charge is 0.323 e. The van der Waals surface area contributed by atoms with Gasteiger partial charge in [0.2, 0.25) is 5.91 Å². The number of benzene rings is 2. The van der Waals surface area contributed by atoms with Gasteiger partial charge in [0, 0.05) is 22.3 Å². The molecule has 9 nitrogen and oxygen atoms in total. The van der Waals surface area contributed by atoms with Crippen LogP contribution in [0.2, 0.25) is 15.1 Å². The molecular weight excluding hydrogens is 503 g/mol. The van der Waals surface area contributed by atoms with Crippen LogP contribution in [0.5, 0.6) is 0 Å². The Balaban J connectivity index is 1.62. The fourth-order valence-corrected chi connectivity index (χ4v) is 4.14.